The van der Waals surface area contributed by atoms with Gasteiger partial charge in [0.05, 0.1) is 18.5 Å². The van der Waals surface area contributed by atoms with Crippen LogP contribution in [0.15, 0.2) is 24.3 Å². The number of anilines is 2. The first-order valence-corrected chi connectivity index (χ1v) is 7.12. The highest BCUT2D eigenvalue weighted by Gasteiger charge is 2.18. The van der Waals surface area contributed by atoms with Crippen LogP contribution in [0.2, 0.25) is 0 Å². The monoisotopic (exact) mass is 288 g/mol. The SMILES string of the molecule is COc1cccc(CN(C)c2c(N)c(C)nn2C(C)C)c1. The molecular formula is C16H24N4O. The molecule has 0 saturated carbocycles. The van der Waals surface area contributed by atoms with Gasteiger partial charge < -0.3 is 15.4 Å². The van der Waals surface area contributed by atoms with E-state index in [0.29, 0.717) is 0 Å². The number of methoxy groups -OCH3 is 1. The Kier molecular flexibility index (Phi) is 4.40. The summed E-state index contributed by atoms with van der Waals surface area (Å²) in [5, 5.41) is 4.53. The van der Waals surface area contributed by atoms with E-state index in [2.05, 4.69) is 29.9 Å². The summed E-state index contributed by atoms with van der Waals surface area (Å²) in [5.74, 6) is 1.83. The van der Waals surface area contributed by atoms with Crippen LogP contribution in [-0.2, 0) is 6.54 Å². The summed E-state index contributed by atoms with van der Waals surface area (Å²) in [5.41, 5.74) is 8.99. The zero-order valence-electron chi connectivity index (χ0n) is 13.4. The fourth-order valence-corrected chi connectivity index (χ4v) is 2.41. The van der Waals surface area contributed by atoms with E-state index in [1.807, 2.05) is 36.9 Å². The van der Waals surface area contributed by atoms with Crippen LogP contribution in [0, 0.1) is 6.92 Å². The second-order valence-electron chi connectivity index (χ2n) is 5.57. The predicted octanol–water partition coefficient (Wildman–Crippen LogP) is 3.00. The van der Waals surface area contributed by atoms with E-state index in [-0.39, 0.29) is 6.04 Å². The average molecular weight is 288 g/mol. The first-order chi connectivity index (χ1) is 9.93. The molecule has 2 aromatic rings. The van der Waals surface area contributed by atoms with Gasteiger partial charge in [0.15, 0.2) is 5.82 Å². The molecule has 0 amide bonds. The molecule has 0 aliphatic carbocycles. The van der Waals surface area contributed by atoms with Gasteiger partial charge in [0, 0.05) is 19.6 Å². The maximum absolute atomic E-state index is 6.20. The van der Waals surface area contributed by atoms with Crippen LogP contribution in [0.25, 0.3) is 0 Å². The highest BCUT2D eigenvalue weighted by molar-refractivity contribution is 5.66. The van der Waals surface area contributed by atoms with Crippen LogP contribution >= 0.6 is 0 Å². The Hall–Kier alpha value is -2.17. The zero-order valence-corrected chi connectivity index (χ0v) is 13.4. The molecule has 1 aromatic carbocycles. The van der Waals surface area contributed by atoms with Gasteiger partial charge in [-0.05, 0) is 38.5 Å². The van der Waals surface area contributed by atoms with Crippen LogP contribution < -0.4 is 15.4 Å². The van der Waals surface area contributed by atoms with Crippen molar-refractivity contribution in [3.05, 3.63) is 35.5 Å². The summed E-state index contributed by atoms with van der Waals surface area (Å²) < 4.78 is 7.25. The van der Waals surface area contributed by atoms with Crippen LogP contribution in [0.5, 0.6) is 5.75 Å². The van der Waals surface area contributed by atoms with Crippen molar-refractivity contribution in [2.24, 2.45) is 0 Å². The second-order valence-corrected chi connectivity index (χ2v) is 5.57. The van der Waals surface area contributed by atoms with E-state index in [0.717, 1.165) is 29.5 Å². The van der Waals surface area contributed by atoms with Crippen molar-refractivity contribution in [3.8, 4) is 5.75 Å². The number of hydrogen-bond donors (Lipinski definition) is 1. The van der Waals surface area contributed by atoms with Crippen molar-refractivity contribution in [3.63, 3.8) is 0 Å². The number of hydrogen-bond acceptors (Lipinski definition) is 4. The topological polar surface area (TPSA) is 56.3 Å². The minimum Gasteiger partial charge on any atom is -0.497 e. The molecule has 5 nitrogen and oxygen atoms in total. The number of nitrogens with zero attached hydrogens (tertiary/aromatic N) is 3. The number of ether oxygens (including phenoxy) is 1. The van der Waals surface area contributed by atoms with Crippen LogP contribution in [-0.4, -0.2) is 23.9 Å². The third-order valence-corrected chi connectivity index (χ3v) is 3.51. The number of aromatic nitrogens is 2. The average Bonchev–Trinajstić information content (AvgIpc) is 2.75. The highest BCUT2D eigenvalue weighted by Crippen LogP contribution is 2.29. The minimum absolute atomic E-state index is 0.267. The lowest BCUT2D eigenvalue weighted by molar-refractivity contribution is 0.414. The van der Waals surface area contributed by atoms with Gasteiger partial charge in [0.2, 0.25) is 0 Å². The van der Waals surface area contributed by atoms with Crippen molar-refractivity contribution in [1.29, 1.82) is 0 Å². The molecule has 114 valence electrons. The first kappa shape index (κ1) is 15.2. The van der Waals surface area contributed by atoms with Crippen molar-refractivity contribution in [2.45, 2.75) is 33.4 Å². The van der Waals surface area contributed by atoms with E-state index >= 15 is 0 Å². The van der Waals surface area contributed by atoms with E-state index in [9.17, 15) is 0 Å². The molecule has 5 heteroatoms. The Morgan fingerprint density at radius 3 is 2.71 bits per heavy atom. The molecule has 0 unspecified atom stereocenters. The largest absolute Gasteiger partial charge is 0.497 e. The summed E-state index contributed by atoms with van der Waals surface area (Å²) in [7, 11) is 3.71. The lowest BCUT2D eigenvalue weighted by atomic mass is 10.2. The number of aryl methyl sites for hydroxylation is 1. The molecular weight excluding hydrogens is 264 g/mol. The third kappa shape index (κ3) is 3.12. The van der Waals surface area contributed by atoms with Crippen LogP contribution in [0.4, 0.5) is 11.5 Å². The van der Waals surface area contributed by atoms with E-state index in [1.165, 1.54) is 5.56 Å². The van der Waals surface area contributed by atoms with Crippen molar-refractivity contribution in [2.75, 3.05) is 24.8 Å². The van der Waals surface area contributed by atoms with Gasteiger partial charge in [-0.2, -0.15) is 5.10 Å². The zero-order chi connectivity index (χ0) is 15.6. The lowest BCUT2D eigenvalue weighted by Gasteiger charge is -2.23. The van der Waals surface area contributed by atoms with Crippen molar-refractivity contribution >= 4 is 11.5 Å². The molecule has 0 aliphatic heterocycles. The number of benzene rings is 1. The van der Waals surface area contributed by atoms with E-state index in [4.69, 9.17) is 10.5 Å². The van der Waals surface area contributed by atoms with Crippen LogP contribution in [0.1, 0.15) is 31.1 Å². The summed E-state index contributed by atoms with van der Waals surface area (Å²) in [6.07, 6.45) is 0. The molecule has 0 bridgehead atoms. The van der Waals surface area contributed by atoms with Gasteiger partial charge in [-0.3, -0.25) is 0 Å². The molecule has 0 spiro atoms. The molecule has 2 N–H and O–H groups in total. The van der Waals surface area contributed by atoms with Gasteiger partial charge in [-0.15, -0.1) is 0 Å². The Labute approximate surface area is 126 Å². The maximum Gasteiger partial charge on any atom is 0.150 e. The molecule has 21 heavy (non-hydrogen) atoms. The molecule has 1 aromatic heterocycles. The Morgan fingerprint density at radius 1 is 1.38 bits per heavy atom. The smallest absolute Gasteiger partial charge is 0.150 e. The molecule has 0 radical (unpaired) electrons. The van der Waals surface area contributed by atoms with E-state index < -0.39 is 0 Å². The maximum atomic E-state index is 6.20. The molecule has 0 saturated heterocycles. The van der Waals surface area contributed by atoms with Gasteiger partial charge >= 0.3 is 0 Å². The molecule has 1 heterocycles. The first-order valence-electron chi connectivity index (χ1n) is 7.12. The molecule has 0 aliphatic rings. The highest BCUT2D eigenvalue weighted by atomic mass is 16.5. The number of nitrogens with two attached hydrogens (primary N) is 1. The Morgan fingerprint density at radius 2 is 2.10 bits per heavy atom. The Balaban J connectivity index is 2.29. The molecule has 0 atom stereocenters. The summed E-state index contributed by atoms with van der Waals surface area (Å²) >= 11 is 0. The van der Waals surface area contributed by atoms with Gasteiger partial charge in [0.1, 0.15) is 5.75 Å². The van der Waals surface area contributed by atoms with Gasteiger partial charge in [-0.1, -0.05) is 12.1 Å². The van der Waals surface area contributed by atoms with Gasteiger partial charge in [0.25, 0.3) is 0 Å². The van der Waals surface area contributed by atoms with E-state index in [1.54, 1.807) is 7.11 Å². The summed E-state index contributed by atoms with van der Waals surface area (Å²) in [4.78, 5) is 2.13. The number of rotatable bonds is 5. The Bertz CT molecular complexity index is 619. The third-order valence-electron chi connectivity index (χ3n) is 3.51. The number of nitrogen functional groups attached to an aromatic ring is 1. The fourth-order valence-electron chi connectivity index (χ4n) is 2.41. The normalized spacial score (nSPS) is 11.0. The molecule has 2 rings (SSSR count). The summed E-state index contributed by atoms with van der Waals surface area (Å²) in [6, 6.07) is 8.33. The van der Waals surface area contributed by atoms with Crippen LogP contribution in [0.3, 0.4) is 0 Å². The quantitative estimate of drug-likeness (QED) is 0.919. The van der Waals surface area contributed by atoms with Crippen molar-refractivity contribution < 1.29 is 4.74 Å². The lowest BCUT2D eigenvalue weighted by Crippen LogP contribution is -2.22. The summed E-state index contributed by atoms with van der Waals surface area (Å²) in [6.45, 7) is 6.90. The van der Waals surface area contributed by atoms with Crippen molar-refractivity contribution in [1.82, 2.24) is 9.78 Å². The van der Waals surface area contributed by atoms with Gasteiger partial charge in [-0.25, -0.2) is 4.68 Å². The second kappa shape index (κ2) is 6.08. The fraction of sp³-hybridized carbons (Fsp3) is 0.438. The molecule has 0 fully saturated rings. The standard InChI is InChI=1S/C16H24N4O/c1-11(2)20-16(15(17)12(3)18-20)19(4)10-13-7-6-8-14(9-13)21-5/h6-9,11H,10,17H2,1-5H3. The minimum atomic E-state index is 0.267. The predicted molar refractivity (Wildman–Crippen MR) is 86.9 cm³/mol.